The van der Waals surface area contributed by atoms with Crippen LogP contribution in [0.3, 0.4) is 0 Å². The summed E-state index contributed by atoms with van der Waals surface area (Å²) in [6, 6.07) is 11.9. The summed E-state index contributed by atoms with van der Waals surface area (Å²) in [5.74, 6) is 0. The average molecular weight is 318 g/mol. The zero-order chi connectivity index (χ0) is 13.1. The van der Waals surface area contributed by atoms with Crippen molar-refractivity contribution < 1.29 is 4.79 Å². The number of thioether (sulfide) groups is 1. The van der Waals surface area contributed by atoms with Crippen LogP contribution in [-0.4, -0.2) is 5.12 Å². The molecule has 0 atom stereocenters. The lowest BCUT2D eigenvalue weighted by atomic mass is 10.2. The van der Waals surface area contributed by atoms with Gasteiger partial charge in [0.1, 0.15) is 0 Å². The second kappa shape index (κ2) is 5.98. The number of hydrogen-bond donors (Lipinski definition) is 0. The van der Waals surface area contributed by atoms with E-state index in [0.717, 1.165) is 16.7 Å². The zero-order valence-corrected chi connectivity index (χ0v) is 12.1. The molecule has 0 amide bonds. The molecule has 0 aliphatic rings. The van der Waals surface area contributed by atoms with E-state index >= 15 is 0 Å². The first-order valence-corrected chi connectivity index (χ1v) is 6.94. The summed E-state index contributed by atoms with van der Waals surface area (Å²) in [6.45, 7) is 0. The van der Waals surface area contributed by atoms with Gasteiger partial charge in [-0.25, -0.2) is 0 Å². The summed E-state index contributed by atoms with van der Waals surface area (Å²) in [7, 11) is 0. The first-order valence-electron chi connectivity index (χ1n) is 4.99. The maximum Gasteiger partial charge on any atom is 0.225 e. The fraction of sp³-hybridized carbons (Fsp3) is 0. The van der Waals surface area contributed by atoms with Gasteiger partial charge >= 0.3 is 0 Å². The maximum absolute atomic E-state index is 12.0. The lowest BCUT2D eigenvalue weighted by Crippen LogP contribution is -1.94. The minimum Gasteiger partial charge on any atom is -0.281 e. The van der Waals surface area contributed by atoms with Gasteiger partial charge in [-0.3, -0.25) is 4.79 Å². The normalized spacial score (nSPS) is 10.4. The van der Waals surface area contributed by atoms with Gasteiger partial charge in [0, 0.05) is 20.5 Å². The zero-order valence-electron chi connectivity index (χ0n) is 8.99. The molecule has 0 saturated carbocycles. The van der Waals surface area contributed by atoms with Crippen LogP contribution in [0.1, 0.15) is 10.4 Å². The highest BCUT2D eigenvalue weighted by atomic mass is 35.5. The molecule has 0 radical (unpaired) electrons. The van der Waals surface area contributed by atoms with E-state index in [1.165, 1.54) is 0 Å². The topological polar surface area (TPSA) is 17.1 Å². The molecule has 0 saturated heterocycles. The van der Waals surface area contributed by atoms with Crippen LogP contribution in [0.2, 0.25) is 15.1 Å². The molecular weight excluding hydrogens is 311 g/mol. The van der Waals surface area contributed by atoms with E-state index in [2.05, 4.69) is 0 Å². The molecule has 0 aromatic heterocycles. The Morgan fingerprint density at radius 1 is 0.889 bits per heavy atom. The van der Waals surface area contributed by atoms with Gasteiger partial charge in [0.25, 0.3) is 0 Å². The summed E-state index contributed by atoms with van der Waals surface area (Å²) in [4.78, 5) is 12.8. The Morgan fingerprint density at radius 2 is 1.50 bits per heavy atom. The van der Waals surface area contributed by atoms with E-state index in [9.17, 15) is 4.79 Å². The van der Waals surface area contributed by atoms with E-state index in [0.29, 0.717) is 20.6 Å². The number of benzene rings is 2. The molecule has 0 aliphatic carbocycles. The average Bonchev–Trinajstić information content (AvgIpc) is 2.32. The third-order valence-electron chi connectivity index (χ3n) is 2.18. The van der Waals surface area contributed by atoms with Gasteiger partial charge in [0.05, 0.1) is 5.02 Å². The number of carbonyl (C=O) groups excluding carboxylic acids is 1. The first kappa shape index (κ1) is 13.8. The molecule has 5 heteroatoms. The fourth-order valence-electron chi connectivity index (χ4n) is 1.32. The summed E-state index contributed by atoms with van der Waals surface area (Å²) in [5.41, 5.74) is 0.445. The fourth-order valence-corrected chi connectivity index (χ4v) is 2.77. The standard InChI is InChI=1S/C13H7Cl3OS/c14-8-1-4-10(5-2-8)18-13(17)11-6-3-9(15)7-12(11)16/h1-7H. The third kappa shape index (κ3) is 3.42. The van der Waals surface area contributed by atoms with Crippen LogP contribution in [-0.2, 0) is 0 Å². The molecule has 92 valence electrons. The smallest absolute Gasteiger partial charge is 0.225 e. The van der Waals surface area contributed by atoms with Crippen LogP contribution in [0.15, 0.2) is 47.4 Å². The van der Waals surface area contributed by atoms with Crippen LogP contribution < -0.4 is 0 Å². The third-order valence-corrected chi connectivity index (χ3v) is 3.89. The van der Waals surface area contributed by atoms with E-state index in [1.54, 1.807) is 42.5 Å². The number of carbonyl (C=O) groups is 1. The first-order chi connectivity index (χ1) is 8.56. The molecule has 0 bridgehead atoms. The van der Waals surface area contributed by atoms with Gasteiger partial charge < -0.3 is 0 Å². The predicted molar refractivity (Wildman–Crippen MR) is 78.1 cm³/mol. The van der Waals surface area contributed by atoms with Crippen molar-refractivity contribution in [2.75, 3.05) is 0 Å². The van der Waals surface area contributed by atoms with Gasteiger partial charge in [-0.1, -0.05) is 34.8 Å². The van der Waals surface area contributed by atoms with Crippen LogP contribution in [0, 0.1) is 0 Å². The Labute approximate surface area is 124 Å². The molecule has 18 heavy (non-hydrogen) atoms. The van der Waals surface area contributed by atoms with Crippen molar-refractivity contribution in [2.24, 2.45) is 0 Å². The summed E-state index contributed by atoms with van der Waals surface area (Å²) < 4.78 is 0. The Morgan fingerprint density at radius 3 is 2.11 bits per heavy atom. The Balaban J connectivity index is 2.19. The Hall–Kier alpha value is -0.670. The maximum atomic E-state index is 12.0. The highest BCUT2D eigenvalue weighted by Gasteiger charge is 2.12. The van der Waals surface area contributed by atoms with Crippen LogP contribution in [0.5, 0.6) is 0 Å². The van der Waals surface area contributed by atoms with Gasteiger partial charge in [-0.2, -0.15) is 0 Å². The van der Waals surface area contributed by atoms with E-state index < -0.39 is 0 Å². The number of rotatable bonds is 2. The van der Waals surface area contributed by atoms with Crippen molar-refractivity contribution in [1.82, 2.24) is 0 Å². The minimum atomic E-state index is -0.126. The lowest BCUT2D eigenvalue weighted by Gasteiger charge is -2.03. The number of halogens is 3. The molecule has 0 heterocycles. The highest BCUT2D eigenvalue weighted by Crippen LogP contribution is 2.29. The molecule has 0 aliphatic heterocycles. The molecule has 1 nitrogen and oxygen atoms in total. The van der Waals surface area contributed by atoms with E-state index in [1.807, 2.05) is 0 Å². The second-order valence-electron chi connectivity index (χ2n) is 3.47. The van der Waals surface area contributed by atoms with Crippen LogP contribution in [0.4, 0.5) is 0 Å². The van der Waals surface area contributed by atoms with Crippen molar-refractivity contribution in [1.29, 1.82) is 0 Å². The molecule has 0 N–H and O–H groups in total. The van der Waals surface area contributed by atoms with Gasteiger partial charge in [0.2, 0.25) is 5.12 Å². The van der Waals surface area contributed by atoms with Gasteiger partial charge in [-0.05, 0) is 54.2 Å². The van der Waals surface area contributed by atoms with Gasteiger partial charge in [-0.15, -0.1) is 0 Å². The molecular formula is C13H7Cl3OS. The summed E-state index contributed by atoms with van der Waals surface area (Å²) >= 11 is 18.6. The van der Waals surface area contributed by atoms with E-state index in [-0.39, 0.29) is 5.12 Å². The summed E-state index contributed by atoms with van der Waals surface area (Å²) in [6.07, 6.45) is 0. The summed E-state index contributed by atoms with van der Waals surface area (Å²) in [5, 5.41) is 1.37. The molecule has 2 aromatic rings. The number of hydrogen-bond acceptors (Lipinski definition) is 2. The SMILES string of the molecule is O=C(Sc1ccc(Cl)cc1)c1ccc(Cl)cc1Cl. The predicted octanol–water partition coefficient (Wildman–Crippen LogP) is 5.58. The molecule has 2 aromatic carbocycles. The van der Waals surface area contributed by atoms with Crippen LogP contribution in [0.25, 0.3) is 0 Å². The Kier molecular flexibility index (Phi) is 4.57. The monoisotopic (exact) mass is 316 g/mol. The Bertz CT molecular complexity index is 581. The lowest BCUT2D eigenvalue weighted by molar-refractivity contribution is 0.108. The molecule has 0 unspecified atom stereocenters. The van der Waals surface area contributed by atoms with Crippen LogP contribution >= 0.6 is 46.6 Å². The molecule has 0 fully saturated rings. The highest BCUT2D eigenvalue weighted by molar-refractivity contribution is 8.14. The van der Waals surface area contributed by atoms with Crippen molar-refractivity contribution >= 4 is 51.7 Å². The minimum absolute atomic E-state index is 0.126. The van der Waals surface area contributed by atoms with Crippen molar-refractivity contribution in [2.45, 2.75) is 4.90 Å². The second-order valence-corrected chi connectivity index (χ2v) is 5.79. The van der Waals surface area contributed by atoms with Crippen molar-refractivity contribution in [3.05, 3.63) is 63.1 Å². The van der Waals surface area contributed by atoms with Gasteiger partial charge in [0.15, 0.2) is 0 Å². The molecule has 0 spiro atoms. The van der Waals surface area contributed by atoms with Crippen molar-refractivity contribution in [3.8, 4) is 0 Å². The molecule has 2 rings (SSSR count). The van der Waals surface area contributed by atoms with Crippen molar-refractivity contribution in [3.63, 3.8) is 0 Å². The largest absolute Gasteiger partial charge is 0.281 e. The quantitative estimate of drug-likeness (QED) is 0.673. The van der Waals surface area contributed by atoms with E-state index in [4.69, 9.17) is 34.8 Å².